The van der Waals surface area contributed by atoms with Crippen molar-refractivity contribution in [3.05, 3.63) is 35.9 Å². The molecule has 4 unspecified atom stereocenters. The topological polar surface area (TPSA) is 40.5 Å². The van der Waals surface area contributed by atoms with Crippen LogP contribution in [0.5, 0.6) is 0 Å². The second kappa shape index (κ2) is 10.5. The maximum Gasteiger partial charge on any atom is 0.0606 e. The van der Waals surface area contributed by atoms with E-state index in [1.165, 1.54) is 5.56 Å². The van der Waals surface area contributed by atoms with Gasteiger partial charge >= 0.3 is 0 Å². The van der Waals surface area contributed by atoms with E-state index in [1.54, 1.807) is 0 Å². The van der Waals surface area contributed by atoms with Gasteiger partial charge in [-0.3, -0.25) is 0 Å². The van der Waals surface area contributed by atoms with Crippen LogP contribution in [0.2, 0.25) is 0 Å². The summed E-state index contributed by atoms with van der Waals surface area (Å²) in [6, 6.07) is 11.3. The lowest BCUT2D eigenvalue weighted by Gasteiger charge is -2.58. The first-order valence-corrected chi connectivity index (χ1v) is 15.5. The van der Waals surface area contributed by atoms with E-state index in [0.29, 0.717) is 11.8 Å². The Morgan fingerprint density at radius 2 is 0.737 bits per heavy atom. The molecule has 1 aromatic rings. The van der Waals surface area contributed by atoms with Crippen LogP contribution < -0.4 is 0 Å². The minimum Gasteiger partial charge on any atom is -0.393 e. The monoisotopic (exact) mass is 526 g/mol. The minimum atomic E-state index is -0.274. The fourth-order valence-corrected chi connectivity index (χ4v) is 8.58. The Morgan fingerprint density at radius 3 is 0.974 bits per heavy atom. The SMILES string of the molecule is CC(C)(C)C1CC(C(C)(c2ccccc2)C2CC(C(C)(C)C)C(O)C(C(C)(C)C)C2)CC(C(C)(C)C)C1O. The Kier molecular flexibility index (Phi) is 8.76. The van der Waals surface area contributed by atoms with Crippen LogP contribution >= 0.6 is 0 Å². The molecule has 0 bridgehead atoms. The molecule has 38 heavy (non-hydrogen) atoms. The molecule has 0 heterocycles. The number of hydrogen-bond donors (Lipinski definition) is 2. The molecule has 0 aromatic heterocycles. The minimum absolute atomic E-state index is 0.0262. The van der Waals surface area contributed by atoms with E-state index in [4.69, 9.17) is 0 Å². The summed E-state index contributed by atoms with van der Waals surface area (Å²) in [6.45, 7) is 30.5. The highest BCUT2D eigenvalue weighted by Crippen LogP contribution is 2.60. The normalized spacial score (nSPS) is 35.6. The number of aliphatic hydroxyl groups is 2. The summed E-state index contributed by atoms with van der Waals surface area (Å²) in [5, 5.41) is 23.5. The Hall–Kier alpha value is -0.860. The van der Waals surface area contributed by atoms with Gasteiger partial charge in [-0.2, -0.15) is 0 Å². The maximum atomic E-state index is 11.8. The van der Waals surface area contributed by atoms with Gasteiger partial charge in [-0.15, -0.1) is 0 Å². The van der Waals surface area contributed by atoms with Crippen molar-refractivity contribution in [3.63, 3.8) is 0 Å². The first-order valence-electron chi connectivity index (χ1n) is 15.5. The molecular weight excluding hydrogens is 464 g/mol. The lowest BCUT2D eigenvalue weighted by Crippen LogP contribution is -2.56. The molecule has 3 rings (SSSR count). The summed E-state index contributed by atoms with van der Waals surface area (Å²) >= 11 is 0. The van der Waals surface area contributed by atoms with E-state index < -0.39 is 0 Å². The van der Waals surface area contributed by atoms with Gasteiger partial charge in [0.1, 0.15) is 0 Å². The van der Waals surface area contributed by atoms with E-state index >= 15 is 0 Å². The summed E-state index contributed by atoms with van der Waals surface area (Å²) in [6.07, 6.45) is 3.68. The first kappa shape index (κ1) is 31.7. The maximum absolute atomic E-state index is 11.8. The van der Waals surface area contributed by atoms with Crippen molar-refractivity contribution in [1.29, 1.82) is 0 Å². The average molecular weight is 527 g/mol. The lowest BCUT2D eigenvalue weighted by molar-refractivity contribution is -0.123. The molecule has 0 radical (unpaired) electrons. The van der Waals surface area contributed by atoms with Gasteiger partial charge in [0.05, 0.1) is 12.2 Å². The van der Waals surface area contributed by atoms with Crippen molar-refractivity contribution in [2.75, 3.05) is 0 Å². The average Bonchev–Trinajstić information content (AvgIpc) is 2.76. The summed E-state index contributed by atoms with van der Waals surface area (Å²) < 4.78 is 0. The quantitative estimate of drug-likeness (QED) is 0.412. The van der Waals surface area contributed by atoms with Crippen LogP contribution in [0, 0.1) is 57.2 Å². The molecule has 0 saturated heterocycles. The molecule has 0 aliphatic heterocycles. The van der Waals surface area contributed by atoms with Crippen molar-refractivity contribution in [2.24, 2.45) is 57.2 Å². The van der Waals surface area contributed by atoms with E-state index in [-0.39, 0.29) is 63.0 Å². The van der Waals surface area contributed by atoms with E-state index in [9.17, 15) is 10.2 Å². The Balaban J connectivity index is 2.20. The Bertz CT molecular complexity index is 802. The smallest absolute Gasteiger partial charge is 0.0606 e. The number of aliphatic hydroxyl groups excluding tert-OH is 2. The number of rotatable bonds is 3. The summed E-state index contributed by atoms with van der Waals surface area (Å²) in [7, 11) is 0. The van der Waals surface area contributed by atoms with Crippen molar-refractivity contribution in [1.82, 2.24) is 0 Å². The van der Waals surface area contributed by atoms with Crippen molar-refractivity contribution < 1.29 is 10.2 Å². The summed E-state index contributed by atoms with van der Waals surface area (Å²) in [5.74, 6) is 2.00. The van der Waals surface area contributed by atoms with E-state index in [1.807, 2.05) is 0 Å². The summed E-state index contributed by atoms with van der Waals surface area (Å²) in [4.78, 5) is 0. The molecule has 2 aliphatic carbocycles. The highest BCUT2D eigenvalue weighted by molar-refractivity contribution is 5.28. The van der Waals surface area contributed by atoms with Crippen LogP contribution in [0.15, 0.2) is 30.3 Å². The van der Waals surface area contributed by atoms with Crippen LogP contribution in [-0.2, 0) is 5.41 Å². The van der Waals surface area contributed by atoms with Crippen LogP contribution in [0.3, 0.4) is 0 Å². The highest BCUT2D eigenvalue weighted by atomic mass is 16.3. The van der Waals surface area contributed by atoms with Crippen LogP contribution in [0.25, 0.3) is 0 Å². The van der Waals surface area contributed by atoms with Crippen LogP contribution in [0.1, 0.15) is 121 Å². The Morgan fingerprint density at radius 1 is 0.474 bits per heavy atom. The van der Waals surface area contributed by atoms with Gasteiger partial charge in [-0.25, -0.2) is 0 Å². The predicted molar refractivity (Wildman–Crippen MR) is 163 cm³/mol. The molecule has 1 aromatic carbocycles. The van der Waals surface area contributed by atoms with Gasteiger partial charge in [-0.1, -0.05) is 120 Å². The predicted octanol–water partition coefficient (Wildman–Crippen LogP) is 9.14. The van der Waals surface area contributed by atoms with Crippen molar-refractivity contribution >= 4 is 0 Å². The molecule has 2 aliphatic rings. The van der Waals surface area contributed by atoms with Crippen LogP contribution in [0.4, 0.5) is 0 Å². The number of hydrogen-bond acceptors (Lipinski definition) is 2. The van der Waals surface area contributed by atoms with Gasteiger partial charge in [0.2, 0.25) is 0 Å². The fourth-order valence-electron chi connectivity index (χ4n) is 8.58. The summed E-state index contributed by atoms with van der Waals surface area (Å²) in [5.41, 5.74) is 1.60. The second-order valence-electron chi connectivity index (χ2n) is 17.9. The largest absolute Gasteiger partial charge is 0.393 e. The molecular formula is C36H62O2. The second-order valence-corrected chi connectivity index (χ2v) is 17.9. The highest BCUT2D eigenvalue weighted by Gasteiger charge is 2.56. The van der Waals surface area contributed by atoms with Gasteiger partial charge in [-0.05, 0) is 93.8 Å². The van der Waals surface area contributed by atoms with Gasteiger partial charge < -0.3 is 10.2 Å². The van der Waals surface area contributed by atoms with Crippen LogP contribution in [-0.4, -0.2) is 22.4 Å². The first-order chi connectivity index (χ1) is 17.1. The molecule has 2 fully saturated rings. The van der Waals surface area contributed by atoms with E-state index in [0.717, 1.165) is 25.7 Å². The molecule has 2 nitrogen and oxygen atoms in total. The Labute approximate surface area is 236 Å². The van der Waals surface area contributed by atoms with Crippen molar-refractivity contribution in [3.8, 4) is 0 Å². The van der Waals surface area contributed by atoms with E-state index in [2.05, 4.69) is 120 Å². The standard InChI is InChI=1S/C36H62O2/c1-32(2,3)26-19-24(20-27(30(26)37)33(4,5)6)36(13,23-17-15-14-16-18-23)25-21-28(34(7,8)9)31(38)29(22-25)35(10,11)12/h14-18,24-31,37-38H,19-22H2,1-13H3. The zero-order chi connectivity index (χ0) is 29.1. The molecule has 0 spiro atoms. The van der Waals surface area contributed by atoms with Gasteiger partial charge in [0, 0.05) is 0 Å². The zero-order valence-corrected chi connectivity index (χ0v) is 27.2. The zero-order valence-electron chi connectivity index (χ0n) is 27.2. The molecule has 0 amide bonds. The molecule has 4 atom stereocenters. The third-order valence-corrected chi connectivity index (χ3v) is 11.3. The third-order valence-electron chi connectivity index (χ3n) is 11.3. The van der Waals surface area contributed by atoms with Crippen molar-refractivity contribution in [2.45, 2.75) is 133 Å². The fraction of sp³-hybridized carbons (Fsp3) is 0.833. The number of benzene rings is 1. The van der Waals surface area contributed by atoms with Gasteiger partial charge in [0.25, 0.3) is 0 Å². The molecule has 218 valence electrons. The van der Waals surface area contributed by atoms with Gasteiger partial charge in [0.15, 0.2) is 0 Å². The molecule has 2 heteroatoms. The molecule has 2 N–H and O–H groups in total. The molecule has 2 saturated carbocycles. The lowest BCUT2D eigenvalue weighted by atomic mass is 9.47. The third kappa shape index (κ3) is 6.22.